The highest BCUT2D eigenvalue weighted by Gasteiger charge is 2.42. The van der Waals surface area contributed by atoms with Crippen molar-refractivity contribution in [1.82, 2.24) is 0 Å². The standard InChI is InChI=1S/C25H21NO5/c1-25(2)12-19(28)24-21(13-25)31-20-10-6-14-5-9-17(27)11-18(14)23(20)22(24)15-3-7-16(8-4-15)26(29)30/h3-11,22,27H,12-13H2,1-2H3. The van der Waals surface area contributed by atoms with Crippen LogP contribution in [0.25, 0.3) is 10.8 Å². The van der Waals surface area contributed by atoms with E-state index in [2.05, 4.69) is 0 Å². The van der Waals surface area contributed by atoms with Crippen molar-refractivity contribution < 1.29 is 19.6 Å². The number of hydrogen-bond acceptors (Lipinski definition) is 5. The maximum Gasteiger partial charge on any atom is 0.269 e. The molecule has 5 rings (SSSR count). The van der Waals surface area contributed by atoms with Crippen LogP contribution in [-0.2, 0) is 4.79 Å². The minimum absolute atomic E-state index is 0.00287. The van der Waals surface area contributed by atoms with Gasteiger partial charge in [-0.15, -0.1) is 0 Å². The maximum absolute atomic E-state index is 13.3. The SMILES string of the molecule is CC1(C)CC(=O)C2=C(C1)Oc1ccc3ccc(O)cc3c1C2c1ccc([N+](=O)[O-])cc1. The van der Waals surface area contributed by atoms with E-state index in [4.69, 9.17) is 4.74 Å². The predicted octanol–water partition coefficient (Wildman–Crippen LogP) is 5.62. The van der Waals surface area contributed by atoms with Gasteiger partial charge >= 0.3 is 0 Å². The Hall–Kier alpha value is -3.67. The molecule has 0 saturated carbocycles. The lowest BCUT2D eigenvalue weighted by Gasteiger charge is -2.38. The molecule has 0 bridgehead atoms. The number of nitro benzene ring substituents is 1. The number of allylic oxidation sites excluding steroid dienone is 2. The number of ketones is 1. The molecule has 1 heterocycles. The van der Waals surface area contributed by atoms with E-state index >= 15 is 0 Å². The largest absolute Gasteiger partial charge is 0.508 e. The second-order valence-corrected chi connectivity index (χ2v) is 9.04. The number of ether oxygens (including phenoxy) is 1. The molecule has 0 amide bonds. The lowest BCUT2D eigenvalue weighted by atomic mass is 9.69. The van der Waals surface area contributed by atoms with Crippen molar-refractivity contribution in [2.45, 2.75) is 32.6 Å². The quantitative estimate of drug-likeness (QED) is 0.433. The number of hydrogen-bond donors (Lipinski definition) is 1. The molecule has 6 nitrogen and oxygen atoms in total. The number of phenols is 1. The van der Waals surface area contributed by atoms with Gasteiger partial charge in [-0.3, -0.25) is 14.9 Å². The number of carbonyl (C=O) groups is 1. The van der Waals surface area contributed by atoms with Crippen molar-refractivity contribution in [2.75, 3.05) is 0 Å². The van der Waals surface area contributed by atoms with E-state index in [1.807, 2.05) is 32.0 Å². The Kier molecular flexibility index (Phi) is 4.15. The van der Waals surface area contributed by atoms with Crippen molar-refractivity contribution in [3.8, 4) is 11.5 Å². The molecule has 1 unspecified atom stereocenters. The van der Waals surface area contributed by atoms with Gasteiger partial charge < -0.3 is 9.84 Å². The minimum Gasteiger partial charge on any atom is -0.508 e. The monoisotopic (exact) mass is 415 g/mol. The van der Waals surface area contributed by atoms with E-state index in [1.54, 1.807) is 24.3 Å². The summed E-state index contributed by atoms with van der Waals surface area (Å²) < 4.78 is 6.27. The molecule has 1 N–H and O–H groups in total. The molecule has 0 fully saturated rings. The number of carbonyl (C=O) groups excluding carboxylic acids is 1. The Labute approximate surface area is 178 Å². The van der Waals surface area contributed by atoms with Gasteiger partial charge in [0.15, 0.2) is 5.78 Å². The zero-order valence-corrected chi connectivity index (χ0v) is 17.2. The average Bonchev–Trinajstić information content (AvgIpc) is 2.71. The highest BCUT2D eigenvalue weighted by Crippen LogP contribution is 2.52. The Bertz CT molecular complexity index is 1290. The third kappa shape index (κ3) is 3.15. The molecule has 0 spiro atoms. The third-order valence-electron chi connectivity index (χ3n) is 6.13. The number of phenolic OH excluding ortho intramolecular Hbond substituents is 1. The number of nitrogens with zero attached hydrogens (tertiary/aromatic N) is 1. The summed E-state index contributed by atoms with van der Waals surface area (Å²) in [7, 11) is 0. The molecule has 3 aromatic carbocycles. The van der Waals surface area contributed by atoms with Crippen molar-refractivity contribution in [2.24, 2.45) is 5.41 Å². The molecule has 0 radical (unpaired) electrons. The topological polar surface area (TPSA) is 89.7 Å². The zero-order chi connectivity index (χ0) is 21.9. The number of fused-ring (bicyclic) bond motifs is 3. The molecule has 2 aliphatic rings. The smallest absolute Gasteiger partial charge is 0.269 e. The van der Waals surface area contributed by atoms with Crippen molar-refractivity contribution in [3.05, 3.63) is 87.2 Å². The summed E-state index contributed by atoms with van der Waals surface area (Å²) in [5.41, 5.74) is 1.98. The fourth-order valence-corrected chi connectivity index (χ4v) is 4.79. The van der Waals surface area contributed by atoms with Crippen molar-refractivity contribution in [3.63, 3.8) is 0 Å². The lowest BCUT2D eigenvalue weighted by Crippen LogP contribution is -2.33. The number of nitro groups is 1. The molecule has 3 aromatic rings. The molecule has 1 atom stereocenters. The second kappa shape index (κ2) is 6.67. The predicted molar refractivity (Wildman–Crippen MR) is 116 cm³/mol. The number of aromatic hydroxyl groups is 1. The Morgan fingerprint density at radius 2 is 1.77 bits per heavy atom. The average molecular weight is 415 g/mol. The van der Waals surface area contributed by atoms with Crippen LogP contribution in [0.4, 0.5) is 5.69 Å². The number of Topliss-reactive ketones (excluding diaryl/α,β-unsaturated/α-hetero) is 1. The second-order valence-electron chi connectivity index (χ2n) is 9.04. The van der Waals surface area contributed by atoms with Gasteiger partial charge in [0.05, 0.1) is 4.92 Å². The Balaban J connectivity index is 1.79. The molecular weight excluding hydrogens is 394 g/mol. The van der Waals surface area contributed by atoms with Gasteiger partial charge in [-0.2, -0.15) is 0 Å². The minimum atomic E-state index is -0.436. The fourth-order valence-electron chi connectivity index (χ4n) is 4.79. The van der Waals surface area contributed by atoms with Crippen LogP contribution in [0.2, 0.25) is 0 Å². The molecule has 6 heteroatoms. The first kappa shape index (κ1) is 19.3. The fraction of sp³-hybridized carbons (Fsp3) is 0.240. The first-order valence-electron chi connectivity index (χ1n) is 10.2. The number of rotatable bonds is 2. The molecule has 156 valence electrons. The van der Waals surface area contributed by atoms with Crippen molar-refractivity contribution >= 4 is 22.2 Å². The van der Waals surface area contributed by atoms with Crippen LogP contribution >= 0.6 is 0 Å². The van der Waals surface area contributed by atoms with Crippen molar-refractivity contribution in [1.29, 1.82) is 0 Å². The summed E-state index contributed by atoms with van der Waals surface area (Å²) >= 11 is 0. The maximum atomic E-state index is 13.3. The summed E-state index contributed by atoms with van der Waals surface area (Å²) in [6.07, 6.45) is 1.04. The molecule has 1 aliphatic heterocycles. The van der Waals surface area contributed by atoms with Crippen LogP contribution in [0.3, 0.4) is 0 Å². The zero-order valence-electron chi connectivity index (χ0n) is 17.2. The van der Waals surface area contributed by atoms with Gasteiger partial charge in [-0.05, 0) is 39.9 Å². The summed E-state index contributed by atoms with van der Waals surface area (Å²) in [5, 5.41) is 23.0. The van der Waals surface area contributed by atoms with Crippen LogP contribution in [0.15, 0.2) is 65.9 Å². The van der Waals surface area contributed by atoms with Gasteiger partial charge in [0.25, 0.3) is 5.69 Å². The van der Waals surface area contributed by atoms with Crippen LogP contribution in [-0.4, -0.2) is 15.8 Å². The summed E-state index contributed by atoms with van der Waals surface area (Å²) in [5.74, 6) is 1.03. The van der Waals surface area contributed by atoms with Crippen LogP contribution < -0.4 is 4.74 Å². The molecular formula is C25H21NO5. The normalized spacial score (nSPS) is 19.5. The Morgan fingerprint density at radius 1 is 1.06 bits per heavy atom. The lowest BCUT2D eigenvalue weighted by molar-refractivity contribution is -0.384. The molecule has 0 aromatic heterocycles. The molecule has 0 saturated heterocycles. The summed E-state index contributed by atoms with van der Waals surface area (Å²) in [4.78, 5) is 24.0. The van der Waals surface area contributed by atoms with Crippen LogP contribution in [0.5, 0.6) is 11.5 Å². The third-order valence-corrected chi connectivity index (χ3v) is 6.13. The van der Waals surface area contributed by atoms with Crippen LogP contribution in [0, 0.1) is 15.5 Å². The van der Waals surface area contributed by atoms with Gasteiger partial charge in [-0.1, -0.05) is 38.1 Å². The van der Waals surface area contributed by atoms with E-state index in [-0.39, 0.29) is 22.6 Å². The van der Waals surface area contributed by atoms with E-state index in [1.165, 1.54) is 12.1 Å². The first-order chi connectivity index (χ1) is 14.7. The van der Waals surface area contributed by atoms with Gasteiger partial charge in [0.1, 0.15) is 17.3 Å². The van der Waals surface area contributed by atoms with Gasteiger partial charge in [-0.25, -0.2) is 0 Å². The number of non-ortho nitro benzene ring substituents is 1. The highest BCUT2D eigenvalue weighted by atomic mass is 16.6. The van der Waals surface area contributed by atoms with E-state index < -0.39 is 10.8 Å². The van der Waals surface area contributed by atoms with E-state index in [9.17, 15) is 20.0 Å². The van der Waals surface area contributed by atoms with E-state index in [0.29, 0.717) is 29.9 Å². The van der Waals surface area contributed by atoms with Gasteiger partial charge in [0, 0.05) is 42.0 Å². The summed E-state index contributed by atoms with van der Waals surface area (Å²) in [6, 6.07) is 15.3. The number of benzene rings is 3. The van der Waals surface area contributed by atoms with Gasteiger partial charge in [0.2, 0.25) is 0 Å². The highest BCUT2D eigenvalue weighted by molar-refractivity contribution is 6.02. The van der Waals surface area contributed by atoms with E-state index in [0.717, 1.165) is 21.9 Å². The van der Waals surface area contributed by atoms with Crippen LogP contribution in [0.1, 0.15) is 43.7 Å². The molecule has 31 heavy (non-hydrogen) atoms. The first-order valence-corrected chi connectivity index (χ1v) is 10.2. The summed E-state index contributed by atoms with van der Waals surface area (Å²) in [6.45, 7) is 4.10. The molecule has 1 aliphatic carbocycles. The Morgan fingerprint density at radius 3 is 2.48 bits per heavy atom.